The van der Waals surface area contributed by atoms with Crippen molar-refractivity contribution in [2.24, 2.45) is 0 Å². The molecule has 0 aromatic carbocycles. The van der Waals surface area contributed by atoms with Crippen molar-refractivity contribution in [3.63, 3.8) is 0 Å². The van der Waals surface area contributed by atoms with E-state index in [0.29, 0.717) is 0 Å². The number of imidazole rings is 1. The lowest BCUT2D eigenvalue weighted by atomic mass is 10.6. The Morgan fingerprint density at radius 2 is 2.00 bits per heavy atom. The van der Waals surface area contributed by atoms with Crippen LogP contribution in [0.2, 0.25) is 0 Å². The van der Waals surface area contributed by atoms with Crippen molar-refractivity contribution < 1.29 is 0 Å². The maximum absolute atomic E-state index is 4.25. The summed E-state index contributed by atoms with van der Waals surface area (Å²) in [6.45, 7) is 3.99. The van der Waals surface area contributed by atoms with Gasteiger partial charge in [0.15, 0.2) is 0 Å². The van der Waals surface area contributed by atoms with Crippen LogP contribution in [0.3, 0.4) is 0 Å². The molecule has 0 radical (unpaired) electrons. The molecule has 1 rings (SSSR count). The molecule has 1 aromatic rings. The summed E-state index contributed by atoms with van der Waals surface area (Å²) in [6.07, 6.45) is 2.01. The minimum Gasteiger partial charge on any atom is -0.318 e. The highest BCUT2D eigenvalue weighted by Crippen LogP contribution is 1.98. The molecule has 0 saturated heterocycles. The van der Waals surface area contributed by atoms with E-state index in [1.54, 1.807) is 0 Å². The molecule has 3 heteroatoms. The van der Waals surface area contributed by atoms with Crippen LogP contribution < -0.4 is 5.01 Å². The zero-order valence-corrected chi connectivity index (χ0v) is 6.92. The van der Waals surface area contributed by atoms with Gasteiger partial charge in [0.25, 0.3) is 0 Å². The second-order valence-corrected chi connectivity index (χ2v) is 2.62. The largest absolute Gasteiger partial charge is 0.318 e. The van der Waals surface area contributed by atoms with E-state index in [4.69, 9.17) is 0 Å². The second-order valence-electron chi connectivity index (χ2n) is 2.62. The van der Waals surface area contributed by atoms with Crippen molar-refractivity contribution >= 4 is 0 Å². The van der Waals surface area contributed by atoms with Crippen LogP contribution in [0.1, 0.15) is 11.5 Å². The highest BCUT2D eigenvalue weighted by Gasteiger charge is 1.99. The quantitative estimate of drug-likeness (QED) is 0.571. The molecule has 0 aliphatic heterocycles. The standard InChI is InChI=1S/C7H13N3/c1-6-5-10(9(3)4)7(2)8-6/h5H,1-4H3. The molecular formula is C7H13N3. The average Bonchev–Trinajstić information content (AvgIpc) is 2.10. The summed E-state index contributed by atoms with van der Waals surface area (Å²) in [5, 5.41) is 2.00. The van der Waals surface area contributed by atoms with Crippen LogP contribution in [0.5, 0.6) is 0 Å². The summed E-state index contributed by atoms with van der Waals surface area (Å²) in [5.74, 6) is 1.03. The van der Waals surface area contributed by atoms with Gasteiger partial charge in [-0.3, -0.25) is 4.68 Å². The van der Waals surface area contributed by atoms with Gasteiger partial charge in [-0.1, -0.05) is 0 Å². The molecular weight excluding hydrogens is 126 g/mol. The van der Waals surface area contributed by atoms with Crippen LogP contribution in [0, 0.1) is 13.8 Å². The van der Waals surface area contributed by atoms with Crippen LogP contribution in [0.4, 0.5) is 0 Å². The Labute approximate surface area is 61.3 Å². The van der Waals surface area contributed by atoms with Gasteiger partial charge in [-0.15, -0.1) is 0 Å². The van der Waals surface area contributed by atoms with Gasteiger partial charge in [-0.05, 0) is 13.8 Å². The first-order valence-electron chi connectivity index (χ1n) is 3.31. The molecule has 1 aromatic heterocycles. The van der Waals surface area contributed by atoms with E-state index in [2.05, 4.69) is 4.98 Å². The minimum absolute atomic E-state index is 1.03. The Morgan fingerprint density at radius 1 is 1.40 bits per heavy atom. The van der Waals surface area contributed by atoms with E-state index in [-0.39, 0.29) is 0 Å². The molecule has 3 nitrogen and oxygen atoms in total. The van der Waals surface area contributed by atoms with E-state index >= 15 is 0 Å². The molecule has 0 atom stereocenters. The molecule has 0 saturated carbocycles. The lowest BCUT2D eigenvalue weighted by Gasteiger charge is -2.14. The first-order valence-corrected chi connectivity index (χ1v) is 3.31. The molecule has 0 bridgehead atoms. The second kappa shape index (κ2) is 2.33. The van der Waals surface area contributed by atoms with E-state index in [9.17, 15) is 0 Å². The van der Waals surface area contributed by atoms with Crippen LogP contribution in [-0.4, -0.2) is 23.8 Å². The fourth-order valence-electron chi connectivity index (χ4n) is 1.01. The minimum atomic E-state index is 1.03. The topological polar surface area (TPSA) is 21.1 Å². The smallest absolute Gasteiger partial charge is 0.124 e. The first kappa shape index (κ1) is 7.12. The predicted molar refractivity (Wildman–Crippen MR) is 41.8 cm³/mol. The fourth-order valence-corrected chi connectivity index (χ4v) is 1.01. The molecule has 0 aliphatic carbocycles. The van der Waals surface area contributed by atoms with Gasteiger partial charge in [-0.2, -0.15) is 0 Å². The third-order valence-electron chi connectivity index (χ3n) is 1.41. The molecule has 56 valence electrons. The molecule has 0 amide bonds. The van der Waals surface area contributed by atoms with Gasteiger partial charge in [-0.25, -0.2) is 4.98 Å². The summed E-state index contributed by atoms with van der Waals surface area (Å²) in [5.41, 5.74) is 1.06. The van der Waals surface area contributed by atoms with E-state index in [1.165, 1.54) is 0 Å². The Hall–Kier alpha value is -0.990. The summed E-state index contributed by atoms with van der Waals surface area (Å²) >= 11 is 0. The van der Waals surface area contributed by atoms with Gasteiger partial charge in [0.2, 0.25) is 0 Å². The lowest BCUT2D eigenvalue weighted by molar-refractivity contribution is 0.703. The van der Waals surface area contributed by atoms with Crippen molar-refractivity contribution in [3.05, 3.63) is 17.7 Å². The molecule has 0 unspecified atom stereocenters. The SMILES string of the molecule is Cc1cn(N(C)C)c(C)n1. The third kappa shape index (κ3) is 1.12. The van der Waals surface area contributed by atoms with E-state index < -0.39 is 0 Å². The van der Waals surface area contributed by atoms with Crippen LogP contribution in [0.15, 0.2) is 6.20 Å². The maximum atomic E-state index is 4.25. The zero-order chi connectivity index (χ0) is 7.72. The molecule has 0 spiro atoms. The highest BCUT2D eigenvalue weighted by atomic mass is 15.5. The predicted octanol–water partition coefficient (Wildman–Crippen LogP) is 0.698. The monoisotopic (exact) mass is 139 g/mol. The molecule has 0 fully saturated rings. The number of aromatic nitrogens is 2. The summed E-state index contributed by atoms with van der Waals surface area (Å²) in [4.78, 5) is 4.25. The number of aryl methyl sites for hydroxylation is 2. The Bertz CT molecular complexity index is 225. The normalized spacial score (nSPS) is 10.0. The summed E-state index contributed by atoms with van der Waals surface area (Å²) < 4.78 is 2.01. The zero-order valence-electron chi connectivity index (χ0n) is 6.92. The Kier molecular flexibility index (Phi) is 1.66. The van der Waals surface area contributed by atoms with Gasteiger partial charge in [0.05, 0.1) is 5.69 Å². The van der Waals surface area contributed by atoms with Crippen LogP contribution >= 0.6 is 0 Å². The van der Waals surface area contributed by atoms with Crippen molar-refractivity contribution in [2.45, 2.75) is 13.8 Å². The Morgan fingerprint density at radius 3 is 2.20 bits per heavy atom. The number of rotatable bonds is 1. The molecule has 1 heterocycles. The van der Waals surface area contributed by atoms with Crippen molar-refractivity contribution in [2.75, 3.05) is 19.1 Å². The van der Waals surface area contributed by atoms with Crippen molar-refractivity contribution in [1.29, 1.82) is 0 Å². The van der Waals surface area contributed by atoms with Crippen molar-refractivity contribution in [3.8, 4) is 0 Å². The van der Waals surface area contributed by atoms with E-state index in [1.807, 2.05) is 43.8 Å². The van der Waals surface area contributed by atoms with Gasteiger partial charge in [0, 0.05) is 20.3 Å². The fraction of sp³-hybridized carbons (Fsp3) is 0.571. The van der Waals surface area contributed by atoms with Gasteiger partial charge < -0.3 is 5.01 Å². The number of nitrogens with zero attached hydrogens (tertiary/aromatic N) is 3. The number of hydrogen-bond donors (Lipinski definition) is 0. The molecule has 0 aliphatic rings. The van der Waals surface area contributed by atoms with Crippen LogP contribution in [0.25, 0.3) is 0 Å². The molecule has 0 N–H and O–H groups in total. The Balaban J connectivity index is 3.03. The lowest BCUT2D eigenvalue weighted by Crippen LogP contribution is -2.24. The van der Waals surface area contributed by atoms with Crippen LogP contribution in [-0.2, 0) is 0 Å². The average molecular weight is 139 g/mol. The maximum Gasteiger partial charge on any atom is 0.124 e. The summed E-state index contributed by atoms with van der Waals surface area (Å²) in [6, 6.07) is 0. The first-order chi connectivity index (χ1) is 4.61. The van der Waals surface area contributed by atoms with Crippen molar-refractivity contribution in [1.82, 2.24) is 9.66 Å². The van der Waals surface area contributed by atoms with E-state index in [0.717, 1.165) is 11.5 Å². The molecule has 10 heavy (non-hydrogen) atoms. The highest BCUT2D eigenvalue weighted by molar-refractivity contribution is 5.03. The summed E-state index contributed by atoms with van der Waals surface area (Å²) in [7, 11) is 3.99. The number of hydrogen-bond acceptors (Lipinski definition) is 2. The third-order valence-corrected chi connectivity index (χ3v) is 1.41. The van der Waals surface area contributed by atoms with Gasteiger partial charge in [0.1, 0.15) is 5.82 Å². The van der Waals surface area contributed by atoms with Gasteiger partial charge >= 0.3 is 0 Å².